The topological polar surface area (TPSA) is 26.1 Å². The van der Waals surface area contributed by atoms with E-state index in [1.807, 2.05) is 7.05 Å². The highest BCUT2D eigenvalue weighted by atomic mass is 15.1. The molecular formula is C4H9N2-. The van der Waals surface area contributed by atoms with Crippen LogP contribution < -0.4 is 5.32 Å². The zero-order valence-corrected chi connectivity index (χ0v) is 3.94. The maximum atomic E-state index is 4.03. The third-order valence-electron chi connectivity index (χ3n) is 1.13. The maximum Gasteiger partial charge on any atom is -0.0199 e. The smallest absolute Gasteiger partial charge is 0.0199 e. The Balaban J connectivity index is 2.01. The highest BCUT2D eigenvalue weighted by Gasteiger charge is 2.02. The lowest BCUT2D eigenvalue weighted by Gasteiger charge is -2.37. The lowest BCUT2D eigenvalue weighted by molar-refractivity contribution is 0.483. The van der Waals surface area contributed by atoms with Crippen LogP contribution in [0.4, 0.5) is 0 Å². The van der Waals surface area contributed by atoms with Gasteiger partial charge in [0.2, 0.25) is 0 Å². The van der Waals surface area contributed by atoms with E-state index < -0.39 is 0 Å². The van der Waals surface area contributed by atoms with Crippen LogP contribution in [-0.4, -0.2) is 26.2 Å². The molecule has 1 N–H and O–H groups in total. The van der Waals surface area contributed by atoms with Crippen molar-refractivity contribution in [2.24, 2.45) is 0 Å². The van der Waals surface area contributed by atoms with E-state index in [4.69, 9.17) is 0 Å². The van der Waals surface area contributed by atoms with Crippen LogP contribution in [-0.2, 0) is 0 Å². The highest BCUT2D eigenvalue weighted by Crippen LogP contribution is 1.99. The number of nitrogens with one attached hydrogen (secondary N) is 1. The van der Waals surface area contributed by atoms with Gasteiger partial charge in [0.25, 0.3) is 0 Å². The first-order valence-corrected chi connectivity index (χ1v) is 2.23. The number of rotatable bonds is 1. The molecule has 0 saturated carbocycles. The zero-order valence-electron chi connectivity index (χ0n) is 3.94. The molecule has 0 aromatic carbocycles. The predicted molar refractivity (Wildman–Crippen MR) is 25.9 cm³/mol. The van der Waals surface area contributed by atoms with Crippen LogP contribution in [0.2, 0.25) is 0 Å². The summed E-state index contributed by atoms with van der Waals surface area (Å²) in [6.07, 6.45) is 0. The van der Waals surface area contributed by atoms with Crippen molar-refractivity contribution in [3.63, 3.8) is 0 Å². The van der Waals surface area contributed by atoms with E-state index in [1.165, 1.54) is 0 Å². The molecule has 0 aromatic heterocycles. The summed E-state index contributed by atoms with van der Waals surface area (Å²) in [7, 11) is 1.87. The molecule has 0 unspecified atom stereocenters. The van der Waals surface area contributed by atoms with Crippen molar-refractivity contribution in [1.82, 2.24) is 5.32 Å². The summed E-state index contributed by atoms with van der Waals surface area (Å²) in [5.74, 6) is 0. The Labute approximate surface area is 37.9 Å². The van der Waals surface area contributed by atoms with Crippen molar-refractivity contribution in [3.8, 4) is 0 Å². The summed E-state index contributed by atoms with van der Waals surface area (Å²) in [4.78, 5) is 0. The van der Waals surface area contributed by atoms with Crippen molar-refractivity contribution >= 4 is 0 Å². The van der Waals surface area contributed by atoms with Gasteiger partial charge in [0.15, 0.2) is 0 Å². The molecule has 0 bridgehead atoms. The van der Waals surface area contributed by atoms with Crippen LogP contribution in [0, 0.1) is 0 Å². The van der Waals surface area contributed by atoms with Gasteiger partial charge < -0.3 is 10.6 Å². The molecule has 0 aromatic rings. The third-order valence-corrected chi connectivity index (χ3v) is 1.13. The fraction of sp³-hybridized carbons (Fsp3) is 1.00. The Morgan fingerprint density at radius 2 is 2.33 bits per heavy atom. The molecule has 0 amide bonds. The molecule has 1 fully saturated rings. The molecule has 2 nitrogen and oxygen atoms in total. The summed E-state index contributed by atoms with van der Waals surface area (Å²) in [5.41, 5.74) is 0. The molecule has 1 aliphatic rings. The second-order valence-corrected chi connectivity index (χ2v) is 1.57. The van der Waals surface area contributed by atoms with Gasteiger partial charge >= 0.3 is 0 Å². The van der Waals surface area contributed by atoms with Crippen LogP contribution in [0.25, 0.3) is 5.32 Å². The van der Waals surface area contributed by atoms with Crippen molar-refractivity contribution < 1.29 is 0 Å². The minimum atomic E-state index is 0.630. The van der Waals surface area contributed by atoms with Crippen molar-refractivity contribution in [2.45, 2.75) is 6.04 Å². The van der Waals surface area contributed by atoms with Crippen LogP contribution in [0.1, 0.15) is 0 Å². The summed E-state index contributed by atoms with van der Waals surface area (Å²) in [6, 6.07) is 0.630. The number of nitrogens with zero attached hydrogens (tertiary/aromatic N) is 1. The van der Waals surface area contributed by atoms with E-state index >= 15 is 0 Å². The molecule has 1 saturated heterocycles. The van der Waals surface area contributed by atoms with E-state index in [2.05, 4.69) is 10.6 Å². The summed E-state index contributed by atoms with van der Waals surface area (Å²) < 4.78 is 0. The Morgan fingerprint density at radius 3 is 2.33 bits per heavy atom. The summed E-state index contributed by atoms with van der Waals surface area (Å²) in [5, 5.41) is 7.15. The van der Waals surface area contributed by atoms with E-state index in [9.17, 15) is 0 Å². The third kappa shape index (κ3) is 0.533. The molecule has 1 heterocycles. The van der Waals surface area contributed by atoms with Gasteiger partial charge in [-0.15, -0.1) is 6.04 Å². The van der Waals surface area contributed by atoms with E-state index in [0.717, 1.165) is 13.1 Å². The summed E-state index contributed by atoms with van der Waals surface area (Å²) in [6.45, 7) is 2.19. The van der Waals surface area contributed by atoms with Crippen LogP contribution in [0.5, 0.6) is 0 Å². The molecule has 2 heteroatoms. The van der Waals surface area contributed by atoms with Crippen molar-refractivity contribution in [1.29, 1.82) is 0 Å². The SMILES string of the molecule is C[N-]C1CNC1. The average Bonchev–Trinajstić information content (AvgIpc) is 1.31. The highest BCUT2D eigenvalue weighted by molar-refractivity contribution is 4.96. The maximum absolute atomic E-state index is 4.03. The van der Waals surface area contributed by atoms with Crippen molar-refractivity contribution in [2.75, 3.05) is 20.1 Å². The first kappa shape index (κ1) is 4.09. The molecule has 0 radical (unpaired) electrons. The lowest BCUT2D eigenvalue weighted by atomic mass is 10.2. The van der Waals surface area contributed by atoms with Gasteiger partial charge in [-0.25, -0.2) is 0 Å². The number of likely N-dealkylation sites (N-methyl/N-ethyl adjacent to an activating group) is 1. The van der Waals surface area contributed by atoms with Crippen LogP contribution in [0.15, 0.2) is 0 Å². The molecule has 0 spiro atoms. The van der Waals surface area contributed by atoms with Crippen molar-refractivity contribution in [3.05, 3.63) is 5.32 Å². The fourth-order valence-electron chi connectivity index (χ4n) is 0.456. The molecule has 0 atom stereocenters. The van der Waals surface area contributed by atoms with Gasteiger partial charge in [-0.1, -0.05) is 0 Å². The Bertz CT molecular complexity index is 38.1. The minimum Gasteiger partial charge on any atom is -0.660 e. The van der Waals surface area contributed by atoms with E-state index in [1.54, 1.807) is 0 Å². The standard InChI is InChI=1S/C4H9N2/c1-5-4-2-6-3-4/h4,6H,2-3H2,1H3/q-1. The number of hydrogen-bond acceptors (Lipinski definition) is 1. The van der Waals surface area contributed by atoms with Crippen LogP contribution >= 0.6 is 0 Å². The average molecular weight is 85.1 g/mol. The van der Waals surface area contributed by atoms with Gasteiger partial charge in [0, 0.05) is 0 Å². The molecule has 6 heavy (non-hydrogen) atoms. The minimum absolute atomic E-state index is 0.630. The predicted octanol–water partition coefficient (Wildman–Crippen LogP) is -0.0383. The Morgan fingerprint density at radius 1 is 1.67 bits per heavy atom. The molecule has 36 valence electrons. The second-order valence-electron chi connectivity index (χ2n) is 1.57. The second kappa shape index (κ2) is 1.58. The van der Waals surface area contributed by atoms with Gasteiger partial charge in [-0.05, 0) is 13.1 Å². The Kier molecular flexibility index (Phi) is 1.08. The van der Waals surface area contributed by atoms with Gasteiger partial charge in [0.1, 0.15) is 0 Å². The van der Waals surface area contributed by atoms with Gasteiger partial charge in [-0.2, -0.15) is 7.05 Å². The fourth-order valence-corrected chi connectivity index (χ4v) is 0.456. The first-order valence-electron chi connectivity index (χ1n) is 2.23. The molecule has 1 aliphatic heterocycles. The largest absolute Gasteiger partial charge is 0.660 e. The number of hydrogen-bond donors (Lipinski definition) is 1. The lowest BCUT2D eigenvalue weighted by Crippen LogP contribution is -2.45. The normalized spacial score (nSPS) is 23.5. The molecule has 1 rings (SSSR count). The first-order chi connectivity index (χ1) is 2.93. The zero-order chi connectivity index (χ0) is 4.41. The quantitative estimate of drug-likeness (QED) is 0.475. The van der Waals surface area contributed by atoms with Crippen LogP contribution in [0.3, 0.4) is 0 Å². The Hall–Kier alpha value is -0.0800. The van der Waals surface area contributed by atoms with E-state index in [0.29, 0.717) is 6.04 Å². The van der Waals surface area contributed by atoms with Gasteiger partial charge in [-0.3, -0.25) is 0 Å². The van der Waals surface area contributed by atoms with E-state index in [-0.39, 0.29) is 0 Å². The van der Waals surface area contributed by atoms with Gasteiger partial charge in [0.05, 0.1) is 0 Å². The molecular weight excluding hydrogens is 76.1 g/mol. The monoisotopic (exact) mass is 85.1 g/mol. The molecule has 0 aliphatic carbocycles. The summed E-state index contributed by atoms with van der Waals surface area (Å²) >= 11 is 0.